The first-order chi connectivity index (χ1) is 11.2. The molecule has 1 aromatic carbocycles. The molecule has 0 unspecified atom stereocenters. The quantitative estimate of drug-likeness (QED) is 0.570. The van der Waals surface area contributed by atoms with Gasteiger partial charge in [-0.3, -0.25) is 4.79 Å². The smallest absolute Gasteiger partial charge is 0.292 e. The van der Waals surface area contributed by atoms with Crippen molar-refractivity contribution in [2.24, 2.45) is 0 Å². The van der Waals surface area contributed by atoms with E-state index in [0.29, 0.717) is 31.2 Å². The van der Waals surface area contributed by atoms with E-state index in [1.165, 1.54) is 0 Å². The molecule has 0 spiro atoms. The van der Waals surface area contributed by atoms with Crippen LogP contribution in [0.4, 0.5) is 5.69 Å². The average Bonchev–Trinajstić information content (AvgIpc) is 2.54. The van der Waals surface area contributed by atoms with Crippen molar-refractivity contribution in [1.82, 2.24) is 4.57 Å². The topological polar surface area (TPSA) is 66.5 Å². The zero-order valence-corrected chi connectivity index (χ0v) is 13.5. The van der Waals surface area contributed by atoms with Crippen LogP contribution in [0.1, 0.15) is 26.2 Å². The molecular weight excluding hydrogens is 292 g/mol. The van der Waals surface area contributed by atoms with E-state index in [1.54, 1.807) is 22.9 Å². The van der Waals surface area contributed by atoms with Gasteiger partial charge in [0.15, 0.2) is 5.75 Å². The molecule has 0 aliphatic rings. The highest BCUT2D eigenvalue weighted by molar-refractivity contribution is 5.43. The molecule has 2 N–H and O–H groups in total. The van der Waals surface area contributed by atoms with Gasteiger partial charge in [-0.1, -0.05) is 19.4 Å². The van der Waals surface area contributed by atoms with Gasteiger partial charge in [-0.2, -0.15) is 0 Å². The predicted molar refractivity (Wildman–Crippen MR) is 92.1 cm³/mol. The second-order valence-electron chi connectivity index (χ2n) is 5.35. The fourth-order valence-electron chi connectivity index (χ4n) is 2.16. The van der Waals surface area contributed by atoms with Crippen molar-refractivity contribution in [1.29, 1.82) is 0 Å². The first kappa shape index (κ1) is 16.9. The van der Waals surface area contributed by atoms with E-state index in [2.05, 4.69) is 6.92 Å². The van der Waals surface area contributed by atoms with Crippen LogP contribution in [-0.4, -0.2) is 17.8 Å². The molecule has 0 saturated carbocycles. The number of hydrogen-bond donors (Lipinski definition) is 1. The molecule has 0 bridgehead atoms. The zero-order valence-electron chi connectivity index (χ0n) is 13.5. The Morgan fingerprint density at radius 1 is 1.09 bits per heavy atom. The van der Waals surface area contributed by atoms with Crippen LogP contribution < -0.4 is 20.8 Å². The molecule has 1 heterocycles. The maximum atomic E-state index is 12.3. The summed E-state index contributed by atoms with van der Waals surface area (Å²) in [4.78, 5) is 12.3. The molecule has 5 nitrogen and oxygen atoms in total. The molecule has 23 heavy (non-hydrogen) atoms. The summed E-state index contributed by atoms with van der Waals surface area (Å²) in [7, 11) is 0. The van der Waals surface area contributed by atoms with E-state index < -0.39 is 0 Å². The second-order valence-corrected chi connectivity index (χ2v) is 5.35. The molecule has 0 aliphatic carbocycles. The number of anilines is 1. The van der Waals surface area contributed by atoms with Gasteiger partial charge in [0.1, 0.15) is 5.75 Å². The molecule has 1 aromatic heterocycles. The summed E-state index contributed by atoms with van der Waals surface area (Å²) in [5.74, 6) is 1.16. The van der Waals surface area contributed by atoms with E-state index in [4.69, 9.17) is 15.2 Å². The van der Waals surface area contributed by atoms with Crippen LogP contribution in [0.25, 0.3) is 0 Å². The van der Waals surface area contributed by atoms with Crippen molar-refractivity contribution >= 4 is 5.69 Å². The third-order valence-corrected chi connectivity index (χ3v) is 3.41. The van der Waals surface area contributed by atoms with Gasteiger partial charge in [-0.25, -0.2) is 0 Å². The fourth-order valence-corrected chi connectivity index (χ4v) is 2.16. The number of pyridine rings is 1. The number of aryl methyl sites for hydroxylation is 1. The van der Waals surface area contributed by atoms with Gasteiger partial charge in [0, 0.05) is 24.5 Å². The number of unbranched alkanes of at least 4 members (excludes halogenated alkanes) is 1. The number of nitrogens with zero attached hydrogens (tertiary/aromatic N) is 1. The first-order valence-electron chi connectivity index (χ1n) is 8.01. The molecule has 0 radical (unpaired) electrons. The van der Waals surface area contributed by atoms with Crippen molar-refractivity contribution in [2.45, 2.75) is 32.7 Å². The number of nitrogen functional groups attached to an aromatic ring is 1. The number of benzene rings is 1. The van der Waals surface area contributed by atoms with Crippen LogP contribution >= 0.6 is 0 Å². The summed E-state index contributed by atoms with van der Waals surface area (Å²) in [5.41, 5.74) is 6.29. The van der Waals surface area contributed by atoms with E-state index >= 15 is 0 Å². The fraction of sp³-hybridized carbons (Fsp3) is 0.389. The first-order valence-corrected chi connectivity index (χ1v) is 8.01. The van der Waals surface area contributed by atoms with Crippen molar-refractivity contribution < 1.29 is 9.47 Å². The van der Waals surface area contributed by atoms with Gasteiger partial charge in [-0.05, 0) is 37.1 Å². The number of ether oxygens (including phenoxy) is 2. The molecule has 2 rings (SSSR count). The Morgan fingerprint density at radius 3 is 2.70 bits per heavy atom. The van der Waals surface area contributed by atoms with Crippen molar-refractivity contribution in [3.63, 3.8) is 0 Å². The van der Waals surface area contributed by atoms with Crippen LogP contribution in [0, 0.1) is 0 Å². The van der Waals surface area contributed by atoms with E-state index in [9.17, 15) is 4.79 Å². The van der Waals surface area contributed by atoms with Crippen LogP contribution in [0.3, 0.4) is 0 Å². The molecule has 2 aromatic rings. The Balaban J connectivity index is 1.83. The third-order valence-electron chi connectivity index (χ3n) is 3.41. The minimum atomic E-state index is -0.0902. The van der Waals surface area contributed by atoms with Crippen LogP contribution in [0.2, 0.25) is 0 Å². The summed E-state index contributed by atoms with van der Waals surface area (Å²) in [6.07, 6.45) is 4.49. The van der Waals surface area contributed by atoms with Crippen molar-refractivity contribution in [2.75, 3.05) is 18.9 Å². The lowest BCUT2D eigenvalue weighted by atomic mass is 10.3. The average molecular weight is 316 g/mol. The maximum Gasteiger partial charge on any atom is 0.292 e. The predicted octanol–water partition coefficient (Wildman–Crippen LogP) is 3.08. The van der Waals surface area contributed by atoms with Crippen LogP contribution in [0.5, 0.6) is 11.5 Å². The number of hydrogen-bond acceptors (Lipinski definition) is 4. The van der Waals surface area contributed by atoms with Gasteiger partial charge in [0.2, 0.25) is 0 Å². The number of aromatic nitrogens is 1. The highest BCUT2D eigenvalue weighted by Crippen LogP contribution is 2.14. The Labute approximate surface area is 136 Å². The second kappa shape index (κ2) is 8.88. The van der Waals surface area contributed by atoms with Crippen molar-refractivity contribution in [3.05, 3.63) is 52.9 Å². The SMILES string of the molecule is CCCCOc1cccn(CCCOc2cccc(N)c2)c1=O. The summed E-state index contributed by atoms with van der Waals surface area (Å²) >= 11 is 0. The summed E-state index contributed by atoms with van der Waals surface area (Å²) < 4.78 is 12.8. The lowest BCUT2D eigenvalue weighted by molar-refractivity contribution is 0.292. The zero-order chi connectivity index (χ0) is 16.5. The highest BCUT2D eigenvalue weighted by atomic mass is 16.5. The Bertz CT molecular complexity index is 667. The van der Waals surface area contributed by atoms with E-state index in [1.807, 2.05) is 24.3 Å². The summed E-state index contributed by atoms with van der Waals surface area (Å²) in [5, 5.41) is 0. The normalized spacial score (nSPS) is 10.5. The minimum absolute atomic E-state index is 0.0902. The Kier molecular flexibility index (Phi) is 6.54. The summed E-state index contributed by atoms with van der Waals surface area (Å²) in [6, 6.07) is 10.9. The van der Waals surface area contributed by atoms with Crippen LogP contribution in [0.15, 0.2) is 47.4 Å². The van der Waals surface area contributed by atoms with E-state index in [0.717, 1.165) is 25.0 Å². The molecule has 0 aliphatic heterocycles. The van der Waals surface area contributed by atoms with Gasteiger partial charge in [0.25, 0.3) is 5.56 Å². The van der Waals surface area contributed by atoms with Crippen LogP contribution in [-0.2, 0) is 6.54 Å². The summed E-state index contributed by atoms with van der Waals surface area (Å²) in [6.45, 7) is 3.78. The molecular formula is C18H24N2O3. The van der Waals surface area contributed by atoms with Crippen molar-refractivity contribution in [3.8, 4) is 11.5 Å². The molecule has 5 heteroatoms. The molecule has 0 fully saturated rings. The lowest BCUT2D eigenvalue weighted by Crippen LogP contribution is -2.22. The number of rotatable bonds is 9. The maximum absolute atomic E-state index is 12.3. The van der Waals surface area contributed by atoms with Gasteiger partial charge in [-0.15, -0.1) is 0 Å². The molecule has 0 saturated heterocycles. The highest BCUT2D eigenvalue weighted by Gasteiger charge is 2.04. The molecule has 0 amide bonds. The number of nitrogens with two attached hydrogens (primary N) is 1. The molecule has 0 atom stereocenters. The standard InChI is InChI=1S/C18H24N2O3/c1-2-3-12-23-17-9-5-10-20(18(17)21)11-6-13-22-16-8-4-7-15(19)14-16/h4-5,7-10,14H,2-3,6,11-13,19H2,1H3. The third kappa shape index (κ3) is 5.36. The van der Waals surface area contributed by atoms with Gasteiger partial charge >= 0.3 is 0 Å². The van der Waals surface area contributed by atoms with E-state index in [-0.39, 0.29) is 5.56 Å². The monoisotopic (exact) mass is 316 g/mol. The Hall–Kier alpha value is -2.43. The minimum Gasteiger partial charge on any atom is -0.493 e. The van der Waals surface area contributed by atoms with Gasteiger partial charge < -0.3 is 19.8 Å². The largest absolute Gasteiger partial charge is 0.493 e. The lowest BCUT2D eigenvalue weighted by Gasteiger charge is -2.10. The molecule has 124 valence electrons. The Morgan fingerprint density at radius 2 is 1.91 bits per heavy atom. The van der Waals surface area contributed by atoms with Gasteiger partial charge in [0.05, 0.1) is 13.2 Å².